The summed E-state index contributed by atoms with van der Waals surface area (Å²) in [7, 11) is -0.764. The molecule has 10 heteroatoms. The van der Waals surface area contributed by atoms with Gasteiger partial charge in [-0.1, -0.05) is 6.07 Å². The molecular weight excluding hydrogens is 430 g/mol. The predicted molar refractivity (Wildman–Crippen MR) is 121 cm³/mol. The summed E-state index contributed by atoms with van der Waals surface area (Å²) in [6.45, 7) is 0.788. The minimum atomic E-state index is -3.69. The summed E-state index contributed by atoms with van der Waals surface area (Å²) in [4.78, 5) is 33.8. The molecule has 1 N–H and O–H groups in total. The van der Waals surface area contributed by atoms with Crippen molar-refractivity contribution >= 4 is 33.2 Å². The topological polar surface area (TPSA) is 103 Å². The van der Waals surface area contributed by atoms with Gasteiger partial charge < -0.3 is 10.2 Å². The van der Waals surface area contributed by atoms with Crippen molar-refractivity contribution < 1.29 is 18.0 Å². The molecule has 1 saturated heterocycles. The first-order valence-electron chi connectivity index (χ1n) is 10.6. The Labute approximate surface area is 188 Å². The third-order valence-corrected chi connectivity index (χ3v) is 7.69. The van der Waals surface area contributed by atoms with Crippen molar-refractivity contribution in [1.82, 2.24) is 14.6 Å². The number of sulfonamides is 1. The Morgan fingerprint density at radius 1 is 1.19 bits per heavy atom. The first kappa shape index (κ1) is 22.2. The molecule has 1 aromatic heterocycles. The fourth-order valence-electron chi connectivity index (χ4n) is 4.16. The van der Waals surface area contributed by atoms with E-state index in [-0.39, 0.29) is 35.8 Å². The van der Waals surface area contributed by atoms with Crippen molar-refractivity contribution in [3.63, 3.8) is 0 Å². The molecule has 3 heterocycles. The number of piperidine rings is 1. The second kappa shape index (κ2) is 8.87. The molecule has 2 aliphatic heterocycles. The molecule has 2 aliphatic rings. The van der Waals surface area contributed by atoms with Crippen LogP contribution in [0.15, 0.2) is 47.5 Å². The molecule has 0 saturated carbocycles. The van der Waals surface area contributed by atoms with E-state index in [0.717, 1.165) is 29.4 Å². The van der Waals surface area contributed by atoms with Gasteiger partial charge in [0.05, 0.1) is 28.5 Å². The normalized spacial score (nSPS) is 18.3. The number of pyridine rings is 1. The van der Waals surface area contributed by atoms with E-state index in [2.05, 4.69) is 10.3 Å². The molecule has 1 fully saturated rings. The van der Waals surface area contributed by atoms with Gasteiger partial charge in [0.15, 0.2) is 0 Å². The van der Waals surface area contributed by atoms with Crippen molar-refractivity contribution in [3.8, 4) is 0 Å². The number of hydrogen-bond acceptors (Lipinski definition) is 6. The van der Waals surface area contributed by atoms with E-state index in [1.165, 1.54) is 25.1 Å². The summed E-state index contributed by atoms with van der Waals surface area (Å²) in [5.74, 6) is -0.510. The van der Waals surface area contributed by atoms with Gasteiger partial charge >= 0.3 is 0 Å². The molecule has 4 rings (SSSR count). The lowest BCUT2D eigenvalue weighted by Gasteiger charge is -2.45. The minimum absolute atomic E-state index is 0.0865. The van der Waals surface area contributed by atoms with Gasteiger partial charge in [0.2, 0.25) is 21.8 Å². The molecule has 1 atom stereocenters. The van der Waals surface area contributed by atoms with Crippen LogP contribution in [0.25, 0.3) is 0 Å². The van der Waals surface area contributed by atoms with Gasteiger partial charge in [0.1, 0.15) is 12.6 Å². The molecule has 0 bridgehead atoms. The number of carbonyl (C=O) groups excluding carboxylic acids is 2. The molecule has 2 amide bonds. The second-order valence-electron chi connectivity index (χ2n) is 8.17. The quantitative estimate of drug-likeness (QED) is 0.703. The Bertz CT molecular complexity index is 1120. The summed E-state index contributed by atoms with van der Waals surface area (Å²) in [5, 5.41) is 2.80. The average Bonchev–Trinajstić information content (AvgIpc) is 2.80. The van der Waals surface area contributed by atoms with Crippen LogP contribution >= 0.6 is 0 Å². The van der Waals surface area contributed by atoms with Crippen LogP contribution in [0, 0.1) is 0 Å². The lowest BCUT2D eigenvalue weighted by molar-refractivity contribution is -0.125. The van der Waals surface area contributed by atoms with Crippen molar-refractivity contribution in [1.29, 1.82) is 0 Å². The van der Waals surface area contributed by atoms with Gasteiger partial charge in [0.25, 0.3) is 0 Å². The monoisotopic (exact) mass is 457 g/mol. The second-order valence-corrected chi connectivity index (χ2v) is 10.3. The third kappa shape index (κ3) is 4.20. The number of rotatable bonds is 6. The smallest absolute Gasteiger partial charge is 0.250 e. The maximum atomic E-state index is 13.4. The van der Waals surface area contributed by atoms with Crippen LogP contribution < -0.4 is 15.1 Å². The molecule has 2 aromatic rings. The molecule has 0 aliphatic carbocycles. The highest BCUT2D eigenvalue weighted by molar-refractivity contribution is 7.89. The Hall–Kier alpha value is -2.98. The van der Waals surface area contributed by atoms with Gasteiger partial charge in [-0.05, 0) is 49.6 Å². The van der Waals surface area contributed by atoms with E-state index in [1.54, 1.807) is 30.5 Å². The molecule has 32 heavy (non-hydrogen) atoms. The van der Waals surface area contributed by atoms with Gasteiger partial charge in [-0.15, -0.1) is 0 Å². The number of amides is 2. The number of fused-ring (bicyclic) bond motifs is 3. The molecule has 170 valence electrons. The number of carbonyl (C=O) groups is 2. The first-order valence-corrected chi connectivity index (χ1v) is 12.0. The zero-order valence-electron chi connectivity index (χ0n) is 18.2. The molecule has 0 radical (unpaired) electrons. The first-order chi connectivity index (χ1) is 15.3. The Balaban J connectivity index is 1.65. The number of anilines is 2. The maximum absolute atomic E-state index is 13.4. The molecule has 1 aromatic carbocycles. The largest absolute Gasteiger partial charge is 0.358 e. The van der Waals surface area contributed by atoms with Gasteiger partial charge in [-0.2, -0.15) is 0 Å². The highest BCUT2D eigenvalue weighted by Crippen LogP contribution is 2.40. The fraction of sp³-hybridized carbons (Fsp3) is 0.409. The Morgan fingerprint density at radius 2 is 2.00 bits per heavy atom. The summed E-state index contributed by atoms with van der Waals surface area (Å²) in [6, 6.07) is 9.91. The van der Waals surface area contributed by atoms with Crippen molar-refractivity contribution in [3.05, 3.63) is 48.3 Å². The number of nitrogens with zero attached hydrogens (tertiary/aromatic N) is 4. The lowest BCUT2D eigenvalue weighted by Crippen LogP contribution is -2.57. The van der Waals surface area contributed by atoms with E-state index in [4.69, 9.17) is 0 Å². The van der Waals surface area contributed by atoms with E-state index < -0.39 is 10.0 Å². The van der Waals surface area contributed by atoms with Crippen molar-refractivity contribution in [2.45, 2.75) is 36.7 Å². The van der Waals surface area contributed by atoms with Gasteiger partial charge in [-0.3, -0.25) is 19.5 Å². The Morgan fingerprint density at radius 3 is 2.72 bits per heavy atom. The molecule has 0 unspecified atom stereocenters. The number of benzene rings is 1. The summed E-state index contributed by atoms with van der Waals surface area (Å²) in [5.41, 5.74) is 1.94. The number of hydrogen-bond donors (Lipinski definition) is 1. The number of nitrogens with one attached hydrogen (secondary N) is 1. The van der Waals surface area contributed by atoms with Crippen LogP contribution in [0.2, 0.25) is 0 Å². The fourth-order valence-corrected chi connectivity index (χ4v) is 5.09. The van der Waals surface area contributed by atoms with Crippen LogP contribution in [0.4, 0.5) is 11.4 Å². The van der Waals surface area contributed by atoms with Crippen LogP contribution in [-0.4, -0.2) is 62.7 Å². The Kier molecular flexibility index (Phi) is 6.16. The van der Waals surface area contributed by atoms with E-state index in [9.17, 15) is 18.0 Å². The summed E-state index contributed by atoms with van der Waals surface area (Å²) < 4.78 is 26.5. The highest BCUT2D eigenvalue weighted by atomic mass is 32.2. The number of aromatic nitrogens is 1. The maximum Gasteiger partial charge on any atom is 0.250 e. The zero-order chi connectivity index (χ0) is 22.9. The summed E-state index contributed by atoms with van der Waals surface area (Å²) in [6.07, 6.45) is 4.26. The SMILES string of the molecule is CN(C)S(=O)(=O)c1ccc2c(c1)N(CC(=O)NCc1ccccn1)C(=O)[C@H]1CCCCN21. The van der Waals surface area contributed by atoms with Crippen molar-refractivity contribution in [2.24, 2.45) is 0 Å². The molecular formula is C22H27N5O4S. The van der Waals surface area contributed by atoms with Crippen LogP contribution in [0.5, 0.6) is 0 Å². The average molecular weight is 458 g/mol. The summed E-state index contributed by atoms with van der Waals surface area (Å²) >= 11 is 0. The zero-order valence-corrected chi connectivity index (χ0v) is 19.0. The van der Waals surface area contributed by atoms with Crippen LogP contribution in [0.1, 0.15) is 25.0 Å². The van der Waals surface area contributed by atoms with Gasteiger partial charge in [0, 0.05) is 26.8 Å². The highest BCUT2D eigenvalue weighted by Gasteiger charge is 2.40. The van der Waals surface area contributed by atoms with E-state index in [0.29, 0.717) is 17.8 Å². The standard InChI is InChI=1S/C22H27N5O4S/c1-25(2)32(30,31)17-9-10-18-20(13-17)27(22(29)19-8-4-6-12-26(18)19)15-21(28)24-14-16-7-3-5-11-23-16/h3,5,7,9-11,13,19H,4,6,8,12,14-15H2,1-2H3,(H,24,28)/t19-/m1/s1. The molecule has 0 spiro atoms. The van der Waals surface area contributed by atoms with Gasteiger partial charge in [-0.25, -0.2) is 12.7 Å². The third-order valence-electron chi connectivity index (χ3n) is 5.87. The van der Waals surface area contributed by atoms with E-state index in [1.807, 2.05) is 11.0 Å². The van der Waals surface area contributed by atoms with Crippen LogP contribution in [-0.2, 0) is 26.2 Å². The van der Waals surface area contributed by atoms with E-state index >= 15 is 0 Å². The predicted octanol–water partition coefficient (Wildman–Crippen LogP) is 1.35. The molecule has 9 nitrogen and oxygen atoms in total. The van der Waals surface area contributed by atoms with Crippen molar-refractivity contribution in [2.75, 3.05) is 37.0 Å². The lowest BCUT2D eigenvalue weighted by atomic mass is 9.96. The van der Waals surface area contributed by atoms with Crippen LogP contribution in [0.3, 0.4) is 0 Å². The minimum Gasteiger partial charge on any atom is -0.358 e.